The maximum atomic E-state index is 13.4. The van der Waals surface area contributed by atoms with Gasteiger partial charge in [-0.05, 0) is 43.7 Å². The number of hydrogen-bond acceptors (Lipinski definition) is 2. The Hall–Kier alpha value is -0.610. The van der Waals surface area contributed by atoms with Crippen LogP contribution in [0, 0.1) is 11.6 Å². The second-order valence-electron chi connectivity index (χ2n) is 4.48. The van der Waals surface area contributed by atoms with Gasteiger partial charge < -0.3 is 5.32 Å². The van der Waals surface area contributed by atoms with Gasteiger partial charge in [0.15, 0.2) is 0 Å². The molecule has 2 atom stereocenters. The third-order valence-electron chi connectivity index (χ3n) is 3.31. The molecule has 2 unspecified atom stereocenters. The summed E-state index contributed by atoms with van der Waals surface area (Å²) in [4.78, 5) is 0. The van der Waals surface area contributed by atoms with Gasteiger partial charge in [0.25, 0.3) is 0 Å². The number of benzene rings is 1. The second-order valence-corrected chi connectivity index (χ2v) is 5.62. The van der Waals surface area contributed by atoms with Gasteiger partial charge in [-0.15, -0.1) is 0 Å². The van der Waals surface area contributed by atoms with E-state index in [2.05, 4.69) is 11.6 Å². The molecule has 0 saturated heterocycles. The van der Waals surface area contributed by atoms with Crippen LogP contribution in [0.1, 0.15) is 24.8 Å². The van der Waals surface area contributed by atoms with Crippen molar-refractivity contribution in [3.05, 3.63) is 35.4 Å². The van der Waals surface area contributed by atoms with Crippen LogP contribution in [0.5, 0.6) is 0 Å². The molecule has 0 amide bonds. The number of thioether (sulfide) groups is 1. The molecular formula is C13H17F2NS. The quantitative estimate of drug-likeness (QED) is 0.888. The van der Waals surface area contributed by atoms with Crippen LogP contribution in [0.4, 0.5) is 8.78 Å². The van der Waals surface area contributed by atoms with E-state index in [9.17, 15) is 8.78 Å². The molecule has 1 saturated carbocycles. The van der Waals surface area contributed by atoms with Gasteiger partial charge in [0.1, 0.15) is 11.6 Å². The third kappa shape index (κ3) is 3.42. The lowest BCUT2D eigenvalue weighted by atomic mass is 10.2. The largest absolute Gasteiger partial charge is 0.310 e. The zero-order chi connectivity index (χ0) is 12.3. The summed E-state index contributed by atoms with van der Waals surface area (Å²) in [6.07, 6.45) is 5.59. The fourth-order valence-electron chi connectivity index (χ4n) is 2.27. The van der Waals surface area contributed by atoms with Gasteiger partial charge in [-0.3, -0.25) is 0 Å². The first-order valence-electron chi connectivity index (χ1n) is 5.89. The summed E-state index contributed by atoms with van der Waals surface area (Å²) >= 11 is 1.89. The van der Waals surface area contributed by atoms with Crippen molar-refractivity contribution in [2.24, 2.45) is 0 Å². The van der Waals surface area contributed by atoms with Gasteiger partial charge in [-0.1, -0.05) is 0 Å². The molecule has 1 aromatic rings. The van der Waals surface area contributed by atoms with Crippen LogP contribution in [0.2, 0.25) is 0 Å². The average Bonchev–Trinajstić information content (AvgIpc) is 2.78. The first-order valence-corrected chi connectivity index (χ1v) is 7.18. The number of halogens is 2. The summed E-state index contributed by atoms with van der Waals surface area (Å²) in [5.41, 5.74) is 0.414. The van der Waals surface area contributed by atoms with E-state index >= 15 is 0 Å². The topological polar surface area (TPSA) is 12.0 Å². The number of hydrogen-bond donors (Lipinski definition) is 1. The van der Waals surface area contributed by atoms with E-state index in [1.807, 2.05) is 11.8 Å². The highest BCUT2D eigenvalue weighted by Crippen LogP contribution is 2.28. The Morgan fingerprint density at radius 3 is 2.88 bits per heavy atom. The zero-order valence-electron chi connectivity index (χ0n) is 9.88. The fourth-order valence-corrected chi connectivity index (χ4v) is 3.07. The average molecular weight is 257 g/mol. The van der Waals surface area contributed by atoms with Gasteiger partial charge >= 0.3 is 0 Å². The van der Waals surface area contributed by atoms with E-state index in [1.165, 1.54) is 18.6 Å². The van der Waals surface area contributed by atoms with Crippen LogP contribution in [-0.4, -0.2) is 17.5 Å². The Balaban J connectivity index is 1.88. The van der Waals surface area contributed by atoms with E-state index in [0.29, 0.717) is 23.4 Å². The highest BCUT2D eigenvalue weighted by atomic mass is 32.2. The van der Waals surface area contributed by atoms with E-state index in [0.717, 1.165) is 18.9 Å². The Labute approximate surface area is 105 Å². The Kier molecular flexibility index (Phi) is 4.40. The summed E-state index contributed by atoms with van der Waals surface area (Å²) in [7, 11) is 0. The predicted octanol–water partition coefficient (Wildman–Crippen LogP) is 3.34. The third-order valence-corrected chi connectivity index (χ3v) is 4.40. The van der Waals surface area contributed by atoms with Crippen molar-refractivity contribution in [3.63, 3.8) is 0 Å². The Bertz CT molecular complexity index is 384. The van der Waals surface area contributed by atoms with Crippen LogP contribution in [-0.2, 0) is 6.54 Å². The van der Waals surface area contributed by atoms with E-state index in [-0.39, 0.29) is 11.6 Å². The molecule has 0 aromatic heterocycles. The maximum Gasteiger partial charge on any atom is 0.127 e. The maximum absolute atomic E-state index is 13.4. The molecular weight excluding hydrogens is 240 g/mol. The van der Waals surface area contributed by atoms with Gasteiger partial charge in [0.05, 0.1) is 0 Å². The minimum atomic E-state index is -0.378. The van der Waals surface area contributed by atoms with Crippen LogP contribution in [0.15, 0.2) is 18.2 Å². The van der Waals surface area contributed by atoms with Crippen molar-refractivity contribution in [2.75, 3.05) is 6.26 Å². The van der Waals surface area contributed by atoms with Crippen molar-refractivity contribution < 1.29 is 8.78 Å². The van der Waals surface area contributed by atoms with Crippen molar-refractivity contribution in [1.29, 1.82) is 0 Å². The van der Waals surface area contributed by atoms with Gasteiger partial charge in [-0.2, -0.15) is 11.8 Å². The highest BCUT2D eigenvalue weighted by Gasteiger charge is 2.23. The number of rotatable bonds is 4. The molecule has 1 nitrogen and oxygen atoms in total. The summed E-state index contributed by atoms with van der Waals surface area (Å²) in [6, 6.07) is 4.04. The molecule has 0 aliphatic heterocycles. The minimum absolute atomic E-state index is 0.335. The Morgan fingerprint density at radius 1 is 1.35 bits per heavy atom. The standard InChI is InChI=1S/C13H17F2NS/c1-17-12-4-3-11(7-12)16-8-9-6-10(14)2-5-13(9)15/h2,5-6,11-12,16H,3-4,7-8H2,1H3. The van der Waals surface area contributed by atoms with E-state index < -0.39 is 0 Å². The fraction of sp³-hybridized carbons (Fsp3) is 0.538. The SMILES string of the molecule is CSC1CCC(NCc2cc(F)ccc2F)C1. The molecule has 2 rings (SSSR count). The van der Waals surface area contributed by atoms with Crippen molar-refractivity contribution in [1.82, 2.24) is 5.32 Å². The van der Waals surface area contributed by atoms with E-state index in [4.69, 9.17) is 0 Å². The lowest BCUT2D eigenvalue weighted by molar-refractivity contribution is 0.505. The zero-order valence-corrected chi connectivity index (χ0v) is 10.7. The molecule has 0 heterocycles. The summed E-state index contributed by atoms with van der Waals surface area (Å²) in [5, 5.41) is 4.02. The molecule has 0 spiro atoms. The Morgan fingerprint density at radius 2 is 2.18 bits per heavy atom. The second kappa shape index (κ2) is 5.83. The highest BCUT2D eigenvalue weighted by molar-refractivity contribution is 7.99. The molecule has 94 valence electrons. The lowest BCUT2D eigenvalue weighted by Crippen LogP contribution is -2.26. The van der Waals surface area contributed by atoms with Crippen molar-refractivity contribution in [2.45, 2.75) is 37.1 Å². The van der Waals surface area contributed by atoms with Crippen molar-refractivity contribution >= 4 is 11.8 Å². The molecule has 0 radical (unpaired) electrons. The molecule has 17 heavy (non-hydrogen) atoms. The summed E-state index contributed by atoms with van der Waals surface area (Å²) < 4.78 is 26.3. The molecule has 1 aliphatic carbocycles. The van der Waals surface area contributed by atoms with Crippen LogP contribution in [0.25, 0.3) is 0 Å². The lowest BCUT2D eigenvalue weighted by Gasteiger charge is -2.13. The molecule has 1 N–H and O–H groups in total. The monoisotopic (exact) mass is 257 g/mol. The predicted molar refractivity (Wildman–Crippen MR) is 68.1 cm³/mol. The molecule has 1 aliphatic rings. The van der Waals surface area contributed by atoms with Crippen LogP contribution < -0.4 is 5.32 Å². The molecule has 4 heteroatoms. The minimum Gasteiger partial charge on any atom is -0.310 e. The van der Waals surface area contributed by atoms with Crippen LogP contribution >= 0.6 is 11.8 Å². The summed E-state index contributed by atoms with van der Waals surface area (Å²) in [6.45, 7) is 0.412. The number of nitrogens with one attached hydrogen (secondary N) is 1. The van der Waals surface area contributed by atoms with Gasteiger partial charge in [0, 0.05) is 23.4 Å². The van der Waals surface area contributed by atoms with E-state index in [1.54, 1.807) is 0 Å². The van der Waals surface area contributed by atoms with Gasteiger partial charge in [-0.25, -0.2) is 8.78 Å². The normalized spacial score (nSPS) is 24.2. The molecule has 1 fully saturated rings. The van der Waals surface area contributed by atoms with Gasteiger partial charge in [0.2, 0.25) is 0 Å². The summed E-state index contributed by atoms with van der Waals surface area (Å²) in [5.74, 6) is -0.713. The molecule has 1 aromatic carbocycles. The van der Waals surface area contributed by atoms with Crippen molar-refractivity contribution in [3.8, 4) is 0 Å². The first kappa shape index (κ1) is 12.8. The smallest absolute Gasteiger partial charge is 0.127 e. The van der Waals surface area contributed by atoms with Crippen LogP contribution in [0.3, 0.4) is 0 Å². The first-order chi connectivity index (χ1) is 8.19. The molecule has 0 bridgehead atoms.